The van der Waals surface area contributed by atoms with Gasteiger partial charge in [0.15, 0.2) is 0 Å². The summed E-state index contributed by atoms with van der Waals surface area (Å²) in [5, 5.41) is 3.17. The Morgan fingerprint density at radius 2 is 2.07 bits per heavy atom. The molecule has 0 aromatic carbocycles. The van der Waals surface area contributed by atoms with Crippen LogP contribution in [-0.4, -0.2) is 6.04 Å². The van der Waals surface area contributed by atoms with E-state index in [1.54, 1.807) is 0 Å². The van der Waals surface area contributed by atoms with Crippen LogP contribution in [-0.2, 0) is 0 Å². The molecule has 2 unspecified atom stereocenters. The Bertz CT molecular complexity index is 199. The Hall–Kier alpha value is -0.660. The Balaban J connectivity index is 3.84. The molecule has 0 heterocycles. The third-order valence-electron chi connectivity index (χ3n) is 2.97. The topological polar surface area (TPSA) is 29.4 Å². The molecule has 0 fully saturated rings. The summed E-state index contributed by atoms with van der Waals surface area (Å²) in [7, 11) is 0. The van der Waals surface area contributed by atoms with E-state index in [0.29, 0.717) is 5.92 Å². The van der Waals surface area contributed by atoms with E-state index in [-0.39, 0.29) is 6.04 Å². The van der Waals surface area contributed by atoms with E-state index in [1.807, 2.05) is 6.92 Å². The average Bonchev–Trinajstić information content (AvgIpc) is 2.20. The van der Waals surface area contributed by atoms with Crippen LogP contribution in [0.4, 0.5) is 0 Å². The average molecular weight is 211 g/mol. The molecule has 0 N–H and O–H groups in total. The van der Waals surface area contributed by atoms with Crippen molar-refractivity contribution in [2.24, 2.45) is 11.1 Å². The molecule has 0 spiro atoms. The van der Waals surface area contributed by atoms with Crippen molar-refractivity contribution in [2.45, 2.75) is 65.8 Å². The highest BCUT2D eigenvalue weighted by Crippen LogP contribution is 2.18. The van der Waals surface area contributed by atoms with Gasteiger partial charge in [0, 0.05) is 0 Å². The van der Waals surface area contributed by atoms with Crippen LogP contribution in [0.15, 0.2) is 16.8 Å². The summed E-state index contributed by atoms with van der Waals surface area (Å²) in [4.78, 5) is 10.5. The van der Waals surface area contributed by atoms with Gasteiger partial charge in [-0.05, 0) is 38.5 Å². The van der Waals surface area contributed by atoms with Gasteiger partial charge in [0.05, 0.1) is 6.04 Å². The van der Waals surface area contributed by atoms with E-state index in [2.05, 4.69) is 32.0 Å². The normalized spacial score (nSPS) is 16.1. The van der Waals surface area contributed by atoms with E-state index in [1.165, 1.54) is 18.4 Å². The van der Waals surface area contributed by atoms with Gasteiger partial charge in [0.25, 0.3) is 0 Å². The summed E-state index contributed by atoms with van der Waals surface area (Å²) >= 11 is 0. The molecule has 0 bridgehead atoms. The van der Waals surface area contributed by atoms with Crippen molar-refractivity contribution in [3.63, 3.8) is 0 Å². The lowest BCUT2D eigenvalue weighted by Gasteiger charge is -2.14. The van der Waals surface area contributed by atoms with E-state index >= 15 is 0 Å². The Labute approximate surface area is 94.1 Å². The highest BCUT2D eigenvalue weighted by Gasteiger charge is 2.14. The molecular formula is C13H25NO. The zero-order valence-electron chi connectivity index (χ0n) is 10.6. The van der Waals surface area contributed by atoms with E-state index < -0.39 is 0 Å². The predicted molar refractivity (Wildman–Crippen MR) is 66.9 cm³/mol. The molecule has 0 aliphatic heterocycles. The first kappa shape index (κ1) is 14.3. The summed E-state index contributed by atoms with van der Waals surface area (Å²) in [6.07, 6.45) is 7.73. The van der Waals surface area contributed by atoms with Gasteiger partial charge in [0.2, 0.25) is 0 Å². The smallest absolute Gasteiger partial charge is 0.0942 e. The van der Waals surface area contributed by atoms with Crippen molar-refractivity contribution in [3.8, 4) is 0 Å². The molecular weight excluding hydrogens is 186 g/mol. The summed E-state index contributed by atoms with van der Waals surface area (Å²) < 4.78 is 0. The summed E-state index contributed by atoms with van der Waals surface area (Å²) in [5.41, 5.74) is 1.47. The van der Waals surface area contributed by atoms with Gasteiger partial charge in [-0.2, -0.15) is 4.91 Å². The second kappa shape index (κ2) is 8.63. The zero-order valence-corrected chi connectivity index (χ0v) is 10.6. The molecule has 0 aliphatic carbocycles. The third-order valence-corrected chi connectivity index (χ3v) is 2.97. The largest absolute Gasteiger partial charge is 0.151 e. The molecule has 88 valence electrons. The zero-order chi connectivity index (χ0) is 11.7. The fraction of sp³-hybridized carbons (Fsp3) is 0.846. The first-order valence-electron chi connectivity index (χ1n) is 6.13. The fourth-order valence-electron chi connectivity index (χ4n) is 1.86. The van der Waals surface area contributed by atoms with Crippen LogP contribution >= 0.6 is 0 Å². The SMILES string of the molecule is CCC/C(C)=C/CCC(C)C(CC)N=O. The van der Waals surface area contributed by atoms with Gasteiger partial charge in [-0.1, -0.05) is 44.0 Å². The van der Waals surface area contributed by atoms with Gasteiger partial charge in [-0.15, -0.1) is 0 Å². The molecule has 2 atom stereocenters. The van der Waals surface area contributed by atoms with Crippen LogP contribution < -0.4 is 0 Å². The maximum atomic E-state index is 10.5. The molecule has 0 saturated heterocycles. The summed E-state index contributed by atoms with van der Waals surface area (Å²) in [6.45, 7) is 8.53. The molecule has 0 saturated carbocycles. The molecule has 15 heavy (non-hydrogen) atoms. The van der Waals surface area contributed by atoms with Crippen LogP contribution in [0.2, 0.25) is 0 Å². The van der Waals surface area contributed by atoms with Crippen LogP contribution in [0.25, 0.3) is 0 Å². The van der Waals surface area contributed by atoms with Crippen molar-refractivity contribution in [1.82, 2.24) is 0 Å². The first-order valence-corrected chi connectivity index (χ1v) is 6.13. The number of rotatable bonds is 8. The number of hydrogen-bond donors (Lipinski definition) is 0. The maximum Gasteiger partial charge on any atom is 0.0942 e. The van der Waals surface area contributed by atoms with Crippen molar-refractivity contribution in [2.75, 3.05) is 0 Å². The minimum absolute atomic E-state index is 0.00452. The quantitative estimate of drug-likeness (QED) is 0.423. The van der Waals surface area contributed by atoms with E-state index in [4.69, 9.17) is 0 Å². The van der Waals surface area contributed by atoms with Crippen molar-refractivity contribution in [3.05, 3.63) is 16.6 Å². The fourth-order valence-corrected chi connectivity index (χ4v) is 1.86. The lowest BCUT2D eigenvalue weighted by molar-refractivity contribution is 0.419. The number of nitrogens with zero attached hydrogens (tertiary/aromatic N) is 1. The van der Waals surface area contributed by atoms with Crippen LogP contribution in [0.3, 0.4) is 0 Å². The van der Waals surface area contributed by atoms with Crippen LogP contribution in [0.1, 0.15) is 59.8 Å². The lowest BCUT2D eigenvalue weighted by Crippen LogP contribution is -2.13. The monoisotopic (exact) mass is 211 g/mol. The first-order chi connectivity index (χ1) is 7.15. The molecule has 2 nitrogen and oxygen atoms in total. The molecule has 0 aliphatic rings. The second-order valence-electron chi connectivity index (χ2n) is 4.44. The summed E-state index contributed by atoms with van der Waals surface area (Å²) in [5.74, 6) is 0.415. The Morgan fingerprint density at radius 3 is 2.53 bits per heavy atom. The van der Waals surface area contributed by atoms with Gasteiger partial charge >= 0.3 is 0 Å². The van der Waals surface area contributed by atoms with Gasteiger partial charge < -0.3 is 0 Å². The highest BCUT2D eigenvalue weighted by molar-refractivity contribution is 4.97. The minimum Gasteiger partial charge on any atom is -0.151 e. The number of nitroso groups, excluding NO2 is 1. The third kappa shape index (κ3) is 6.43. The highest BCUT2D eigenvalue weighted by atomic mass is 16.3. The predicted octanol–water partition coefficient (Wildman–Crippen LogP) is 4.69. The van der Waals surface area contributed by atoms with Crippen molar-refractivity contribution in [1.29, 1.82) is 0 Å². The van der Waals surface area contributed by atoms with Crippen LogP contribution in [0.5, 0.6) is 0 Å². The molecule has 0 aromatic rings. The maximum absolute atomic E-state index is 10.5. The van der Waals surface area contributed by atoms with Crippen LogP contribution in [0, 0.1) is 10.8 Å². The molecule has 0 rings (SSSR count). The molecule has 2 heteroatoms. The van der Waals surface area contributed by atoms with Gasteiger partial charge in [0.1, 0.15) is 0 Å². The van der Waals surface area contributed by atoms with E-state index in [9.17, 15) is 4.91 Å². The number of hydrogen-bond acceptors (Lipinski definition) is 2. The van der Waals surface area contributed by atoms with Crippen molar-refractivity contribution < 1.29 is 0 Å². The Kier molecular flexibility index (Phi) is 8.25. The Morgan fingerprint density at radius 1 is 1.40 bits per heavy atom. The standard InChI is InChI=1S/C13H25NO/c1-5-8-11(3)9-7-10-12(4)13(6-2)14-15/h9,12-13H,5-8,10H2,1-4H3/b11-9+. The van der Waals surface area contributed by atoms with E-state index in [0.717, 1.165) is 19.3 Å². The minimum atomic E-state index is 0.00452. The van der Waals surface area contributed by atoms with Gasteiger partial charge in [-0.25, -0.2) is 0 Å². The summed E-state index contributed by atoms with van der Waals surface area (Å²) in [6, 6.07) is 0.00452. The lowest BCUT2D eigenvalue weighted by atomic mass is 9.95. The van der Waals surface area contributed by atoms with Gasteiger partial charge in [-0.3, -0.25) is 0 Å². The van der Waals surface area contributed by atoms with Crippen molar-refractivity contribution >= 4 is 0 Å². The molecule has 0 aromatic heterocycles. The molecule has 0 radical (unpaired) electrons. The second-order valence-corrected chi connectivity index (χ2v) is 4.44. The number of allylic oxidation sites excluding steroid dienone is 2. The molecule has 0 amide bonds.